The van der Waals surface area contributed by atoms with Crippen molar-refractivity contribution in [1.82, 2.24) is 10.6 Å². The van der Waals surface area contributed by atoms with Crippen LogP contribution < -0.4 is 16.4 Å². The van der Waals surface area contributed by atoms with Gasteiger partial charge in [-0.05, 0) is 37.0 Å². The molecule has 2 rings (SSSR count). The van der Waals surface area contributed by atoms with Gasteiger partial charge in [-0.25, -0.2) is 4.79 Å². The normalized spacial score (nSPS) is 17.6. The van der Waals surface area contributed by atoms with Crippen LogP contribution in [0.3, 0.4) is 0 Å². The molecule has 1 fully saturated rings. The summed E-state index contributed by atoms with van der Waals surface area (Å²) in [6, 6.07) is 7.17. The molecule has 0 aliphatic heterocycles. The third kappa shape index (κ3) is 3.17. The second kappa shape index (κ2) is 5.48. The third-order valence-corrected chi connectivity index (χ3v) is 3.61. The molecular formula is C14H21N3O2. The molecule has 19 heavy (non-hydrogen) atoms. The summed E-state index contributed by atoms with van der Waals surface area (Å²) in [6.45, 7) is 1.88. The molecule has 0 bridgehead atoms. The van der Waals surface area contributed by atoms with Crippen molar-refractivity contribution in [3.8, 4) is 0 Å². The Morgan fingerprint density at radius 3 is 2.53 bits per heavy atom. The van der Waals surface area contributed by atoms with Gasteiger partial charge in [0.15, 0.2) is 0 Å². The summed E-state index contributed by atoms with van der Waals surface area (Å²) >= 11 is 0. The van der Waals surface area contributed by atoms with Gasteiger partial charge in [0.05, 0.1) is 18.2 Å². The lowest BCUT2D eigenvalue weighted by molar-refractivity contribution is 0.211. The van der Waals surface area contributed by atoms with Crippen LogP contribution in [0.4, 0.5) is 10.5 Å². The predicted octanol–water partition coefficient (Wildman–Crippen LogP) is 1.33. The Hall–Kier alpha value is -1.75. The Labute approximate surface area is 113 Å². The van der Waals surface area contributed by atoms with E-state index < -0.39 is 0 Å². The standard InChI is InChI=1S/C14H21N3O2/c1-2-12(9-18)16-13(19)17-14(7-8-14)10-3-5-11(15)6-4-10/h3-6,12,18H,2,7-9,15H2,1H3,(H2,16,17,19). The molecule has 1 saturated carbocycles. The molecule has 1 unspecified atom stereocenters. The molecule has 5 heteroatoms. The number of nitrogen functional groups attached to an aromatic ring is 1. The molecule has 0 saturated heterocycles. The van der Waals surface area contributed by atoms with Gasteiger partial charge in [-0.2, -0.15) is 0 Å². The number of hydrogen-bond acceptors (Lipinski definition) is 3. The smallest absolute Gasteiger partial charge is 0.315 e. The van der Waals surface area contributed by atoms with Crippen LogP contribution in [0.2, 0.25) is 0 Å². The first-order valence-corrected chi connectivity index (χ1v) is 6.65. The van der Waals surface area contributed by atoms with Crippen molar-refractivity contribution in [2.45, 2.75) is 37.8 Å². The van der Waals surface area contributed by atoms with Crippen LogP contribution in [0.1, 0.15) is 31.7 Å². The first-order chi connectivity index (χ1) is 9.09. The number of amides is 2. The number of aliphatic hydroxyl groups excluding tert-OH is 1. The van der Waals surface area contributed by atoms with Crippen molar-refractivity contribution in [2.75, 3.05) is 12.3 Å². The molecule has 1 aromatic rings. The Morgan fingerprint density at radius 1 is 1.42 bits per heavy atom. The monoisotopic (exact) mass is 263 g/mol. The van der Waals surface area contributed by atoms with Crippen LogP contribution in [0.25, 0.3) is 0 Å². The summed E-state index contributed by atoms with van der Waals surface area (Å²) in [5.41, 5.74) is 7.20. The summed E-state index contributed by atoms with van der Waals surface area (Å²) in [5.74, 6) is 0. The number of urea groups is 1. The molecule has 0 radical (unpaired) electrons. The van der Waals surface area contributed by atoms with E-state index in [-0.39, 0.29) is 24.2 Å². The molecule has 0 aromatic heterocycles. The fraction of sp³-hybridized carbons (Fsp3) is 0.500. The number of aliphatic hydroxyl groups is 1. The average molecular weight is 263 g/mol. The molecular weight excluding hydrogens is 242 g/mol. The van der Waals surface area contributed by atoms with E-state index in [2.05, 4.69) is 10.6 Å². The van der Waals surface area contributed by atoms with E-state index in [4.69, 9.17) is 10.8 Å². The van der Waals surface area contributed by atoms with Crippen LogP contribution in [-0.4, -0.2) is 23.8 Å². The largest absolute Gasteiger partial charge is 0.399 e. The molecule has 5 nitrogen and oxygen atoms in total. The van der Waals surface area contributed by atoms with Crippen LogP contribution in [0.15, 0.2) is 24.3 Å². The molecule has 2 amide bonds. The highest BCUT2D eigenvalue weighted by atomic mass is 16.3. The zero-order chi connectivity index (χ0) is 13.9. The van der Waals surface area contributed by atoms with E-state index >= 15 is 0 Å². The van der Waals surface area contributed by atoms with E-state index in [1.807, 2.05) is 31.2 Å². The molecule has 1 aromatic carbocycles. The maximum Gasteiger partial charge on any atom is 0.315 e. The topological polar surface area (TPSA) is 87.4 Å². The third-order valence-electron chi connectivity index (χ3n) is 3.61. The zero-order valence-corrected chi connectivity index (χ0v) is 11.1. The van der Waals surface area contributed by atoms with Gasteiger partial charge in [-0.15, -0.1) is 0 Å². The van der Waals surface area contributed by atoms with Crippen molar-refractivity contribution in [3.05, 3.63) is 29.8 Å². The van der Waals surface area contributed by atoms with E-state index in [9.17, 15) is 4.79 Å². The Balaban J connectivity index is 1.98. The highest BCUT2D eigenvalue weighted by molar-refractivity contribution is 5.76. The maximum atomic E-state index is 11.9. The van der Waals surface area contributed by atoms with Gasteiger partial charge in [0.2, 0.25) is 0 Å². The van der Waals surface area contributed by atoms with Crippen LogP contribution in [0, 0.1) is 0 Å². The number of anilines is 1. The Kier molecular flexibility index (Phi) is 3.95. The highest BCUT2D eigenvalue weighted by Gasteiger charge is 2.45. The lowest BCUT2D eigenvalue weighted by atomic mass is 10.0. The van der Waals surface area contributed by atoms with Crippen LogP contribution in [-0.2, 0) is 5.54 Å². The van der Waals surface area contributed by atoms with Crippen molar-refractivity contribution >= 4 is 11.7 Å². The lowest BCUT2D eigenvalue weighted by Gasteiger charge is -2.21. The van der Waals surface area contributed by atoms with Gasteiger partial charge in [0.25, 0.3) is 0 Å². The summed E-state index contributed by atoms with van der Waals surface area (Å²) in [5, 5.41) is 14.8. The minimum atomic E-state index is -0.258. The summed E-state index contributed by atoms with van der Waals surface area (Å²) in [7, 11) is 0. The number of rotatable bonds is 5. The molecule has 1 aliphatic carbocycles. The number of nitrogens with two attached hydrogens (primary N) is 1. The van der Waals surface area contributed by atoms with Crippen molar-refractivity contribution in [2.24, 2.45) is 0 Å². The van der Waals surface area contributed by atoms with Crippen molar-refractivity contribution in [1.29, 1.82) is 0 Å². The zero-order valence-electron chi connectivity index (χ0n) is 11.1. The fourth-order valence-electron chi connectivity index (χ4n) is 2.13. The fourth-order valence-corrected chi connectivity index (χ4v) is 2.13. The first kappa shape index (κ1) is 13.7. The maximum absolute atomic E-state index is 11.9. The SMILES string of the molecule is CCC(CO)NC(=O)NC1(c2ccc(N)cc2)CC1. The van der Waals surface area contributed by atoms with Gasteiger partial charge in [-0.3, -0.25) is 0 Å². The van der Waals surface area contributed by atoms with E-state index in [1.165, 1.54) is 0 Å². The minimum Gasteiger partial charge on any atom is -0.399 e. The van der Waals surface area contributed by atoms with Gasteiger partial charge in [-0.1, -0.05) is 19.1 Å². The quantitative estimate of drug-likeness (QED) is 0.604. The summed E-state index contributed by atoms with van der Waals surface area (Å²) in [4.78, 5) is 11.9. The molecule has 0 spiro atoms. The van der Waals surface area contributed by atoms with E-state index in [1.54, 1.807) is 0 Å². The van der Waals surface area contributed by atoms with Gasteiger partial charge >= 0.3 is 6.03 Å². The Morgan fingerprint density at radius 2 is 2.05 bits per heavy atom. The number of nitrogens with one attached hydrogen (secondary N) is 2. The van der Waals surface area contributed by atoms with E-state index in [0.717, 1.165) is 24.1 Å². The number of hydrogen-bond donors (Lipinski definition) is 4. The number of carbonyl (C=O) groups is 1. The number of benzene rings is 1. The molecule has 104 valence electrons. The highest BCUT2D eigenvalue weighted by Crippen LogP contribution is 2.45. The van der Waals surface area contributed by atoms with Crippen LogP contribution in [0.5, 0.6) is 0 Å². The second-order valence-electron chi connectivity index (χ2n) is 5.09. The first-order valence-electron chi connectivity index (χ1n) is 6.65. The average Bonchev–Trinajstić information content (AvgIpc) is 3.17. The van der Waals surface area contributed by atoms with Crippen LogP contribution >= 0.6 is 0 Å². The summed E-state index contributed by atoms with van der Waals surface area (Å²) in [6.07, 6.45) is 2.57. The Bertz CT molecular complexity index is 437. The molecule has 0 heterocycles. The van der Waals surface area contributed by atoms with Crippen molar-refractivity contribution < 1.29 is 9.90 Å². The molecule has 1 aliphatic rings. The summed E-state index contributed by atoms with van der Waals surface area (Å²) < 4.78 is 0. The minimum absolute atomic E-state index is 0.0429. The van der Waals surface area contributed by atoms with Gasteiger partial charge < -0.3 is 21.5 Å². The lowest BCUT2D eigenvalue weighted by Crippen LogP contribution is -2.47. The predicted molar refractivity (Wildman–Crippen MR) is 74.6 cm³/mol. The van der Waals surface area contributed by atoms with Crippen molar-refractivity contribution in [3.63, 3.8) is 0 Å². The van der Waals surface area contributed by atoms with Gasteiger partial charge in [0.1, 0.15) is 0 Å². The van der Waals surface area contributed by atoms with Gasteiger partial charge in [0, 0.05) is 5.69 Å². The number of carbonyl (C=O) groups excluding carboxylic acids is 1. The second-order valence-corrected chi connectivity index (χ2v) is 5.09. The van der Waals surface area contributed by atoms with E-state index in [0.29, 0.717) is 6.42 Å². The molecule has 1 atom stereocenters. The molecule has 5 N–H and O–H groups in total.